The van der Waals surface area contributed by atoms with Gasteiger partial charge in [0.15, 0.2) is 13.7 Å². The summed E-state index contributed by atoms with van der Waals surface area (Å²) in [7, 11) is -0.134. The summed E-state index contributed by atoms with van der Waals surface area (Å²) in [6, 6.07) is 9.81. The van der Waals surface area contributed by atoms with Crippen molar-refractivity contribution in [2.45, 2.75) is 70.7 Å². The molecule has 1 N–H and O–H groups in total. The van der Waals surface area contributed by atoms with Crippen molar-refractivity contribution < 1.29 is 23.5 Å². The maximum absolute atomic E-state index is 13.6. The third kappa shape index (κ3) is 5.94. The number of hydrogen-bond donors (Lipinski definition) is 1. The summed E-state index contributed by atoms with van der Waals surface area (Å²) < 4.78 is 18.8. The van der Waals surface area contributed by atoms with E-state index in [4.69, 9.17) is 25.2 Å². The lowest BCUT2D eigenvalue weighted by molar-refractivity contribution is -0.133. The zero-order chi connectivity index (χ0) is 28.7. The molecular formula is C30H38ClNO6Si. The van der Waals surface area contributed by atoms with Gasteiger partial charge < -0.3 is 23.6 Å². The molecule has 0 amide bonds. The summed E-state index contributed by atoms with van der Waals surface area (Å²) in [6.07, 6.45) is 0.564. The lowest BCUT2D eigenvalue weighted by atomic mass is 9.85. The van der Waals surface area contributed by atoms with E-state index >= 15 is 0 Å². The minimum Gasteiger partial charge on any atom is -0.507 e. The highest BCUT2D eigenvalue weighted by Gasteiger charge is 2.43. The van der Waals surface area contributed by atoms with Crippen molar-refractivity contribution in [3.63, 3.8) is 0 Å². The molecule has 39 heavy (non-hydrogen) atoms. The van der Waals surface area contributed by atoms with Crippen LogP contribution >= 0.6 is 11.6 Å². The molecule has 2 aromatic carbocycles. The van der Waals surface area contributed by atoms with Gasteiger partial charge in [-0.2, -0.15) is 0 Å². The zero-order valence-corrected chi connectivity index (χ0v) is 25.5. The van der Waals surface area contributed by atoms with Crippen molar-refractivity contribution >= 4 is 36.9 Å². The smallest absolute Gasteiger partial charge is 0.310 e. The summed E-state index contributed by atoms with van der Waals surface area (Å²) in [5, 5.41) is 12.0. The van der Waals surface area contributed by atoms with E-state index in [1.165, 1.54) is 12.1 Å². The van der Waals surface area contributed by atoms with E-state index in [9.17, 15) is 14.7 Å². The van der Waals surface area contributed by atoms with Crippen LogP contribution in [0.3, 0.4) is 0 Å². The number of aromatic hydroxyl groups is 1. The molecule has 0 saturated carbocycles. The van der Waals surface area contributed by atoms with Crippen LogP contribution in [0.15, 0.2) is 45.6 Å². The SMILES string of the molecule is CCC(=O)Oc1cc(O)c([C@H]2CCN(C)C[C@H]2O[Si](C)(C)C(C)(C)C)c2oc(-c3ccccc3Cl)cc(=O)c12. The number of carbonyl (C=O) groups is 1. The van der Waals surface area contributed by atoms with Crippen LogP contribution in [0.4, 0.5) is 0 Å². The third-order valence-electron chi connectivity index (χ3n) is 8.02. The number of phenols is 1. The Morgan fingerprint density at radius 2 is 1.92 bits per heavy atom. The first-order chi connectivity index (χ1) is 18.2. The minimum atomic E-state index is -2.19. The van der Waals surface area contributed by atoms with Crippen molar-refractivity contribution in [3.05, 3.63) is 57.2 Å². The number of phenolic OH excluding ortho intramolecular Hbond substituents is 1. The number of hydrogen-bond acceptors (Lipinski definition) is 7. The maximum atomic E-state index is 13.6. The molecule has 0 radical (unpaired) electrons. The first-order valence-corrected chi connectivity index (χ1v) is 16.7. The molecule has 1 fully saturated rings. The Labute approximate surface area is 235 Å². The van der Waals surface area contributed by atoms with Gasteiger partial charge in [0.1, 0.15) is 28.2 Å². The second kappa shape index (κ2) is 11.1. The Balaban J connectivity index is 1.98. The number of carbonyl (C=O) groups excluding carboxylic acids is 1. The monoisotopic (exact) mass is 571 g/mol. The number of benzene rings is 2. The van der Waals surface area contributed by atoms with E-state index < -0.39 is 14.3 Å². The van der Waals surface area contributed by atoms with Crippen molar-refractivity contribution in [2.75, 3.05) is 20.1 Å². The van der Waals surface area contributed by atoms with Gasteiger partial charge in [-0.1, -0.05) is 51.4 Å². The van der Waals surface area contributed by atoms with Gasteiger partial charge >= 0.3 is 5.97 Å². The Kier molecular flexibility index (Phi) is 8.33. The molecule has 7 nitrogen and oxygen atoms in total. The molecule has 0 spiro atoms. The van der Waals surface area contributed by atoms with Gasteiger partial charge in [-0.25, -0.2) is 0 Å². The van der Waals surface area contributed by atoms with Crippen LogP contribution in [-0.2, 0) is 9.22 Å². The molecule has 1 aromatic heterocycles. The molecule has 4 rings (SSSR count). The summed E-state index contributed by atoms with van der Waals surface area (Å²) in [6.45, 7) is 14.1. The molecule has 3 aromatic rings. The number of esters is 1. The number of halogens is 1. The molecule has 0 aliphatic carbocycles. The second-order valence-corrected chi connectivity index (χ2v) is 17.0. The quantitative estimate of drug-likeness (QED) is 0.195. The number of likely N-dealkylation sites (tertiary alicyclic amines) is 1. The van der Waals surface area contributed by atoms with E-state index in [1.54, 1.807) is 25.1 Å². The van der Waals surface area contributed by atoms with E-state index in [1.807, 2.05) is 6.07 Å². The van der Waals surface area contributed by atoms with Crippen molar-refractivity contribution in [3.8, 4) is 22.8 Å². The predicted octanol–water partition coefficient (Wildman–Crippen LogP) is 6.94. The van der Waals surface area contributed by atoms with Crippen LogP contribution in [0.1, 0.15) is 52.0 Å². The van der Waals surface area contributed by atoms with Gasteiger partial charge in [0.25, 0.3) is 0 Å². The summed E-state index contributed by atoms with van der Waals surface area (Å²) >= 11 is 6.45. The van der Waals surface area contributed by atoms with Crippen LogP contribution < -0.4 is 10.2 Å². The zero-order valence-electron chi connectivity index (χ0n) is 23.8. The first kappa shape index (κ1) is 29.3. The number of nitrogens with zero attached hydrogens (tertiary/aromatic N) is 1. The number of likely N-dealkylation sites (N-methyl/N-ethyl adjacent to an activating group) is 1. The number of ether oxygens (including phenoxy) is 1. The van der Waals surface area contributed by atoms with E-state index in [0.29, 0.717) is 29.1 Å². The molecular weight excluding hydrogens is 534 g/mol. The van der Waals surface area contributed by atoms with Crippen LogP contribution in [0.25, 0.3) is 22.3 Å². The molecule has 2 atom stereocenters. The molecule has 210 valence electrons. The van der Waals surface area contributed by atoms with Gasteiger partial charge in [0.05, 0.1) is 11.1 Å². The summed E-state index contributed by atoms with van der Waals surface area (Å²) in [5.41, 5.74) is 0.844. The standard InChI is InChI=1S/C30H38ClNO6Si/c1-8-26(35)36-24-16-21(33)27(19-13-14-32(5)17-25(19)38-39(6,7)30(2,3)4)29-28(24)22(34)15-23(37-29)18-11-9-10-12-20(18)31/h9-12,15-16,19,25,33H,8,13-14,17H2,1-7H3/t19-,25+/m0/s1. The van der Waals surface area contributed by atoms with E-state index in [2.05, 4.69) is 45.8 Å². The fourth-order valence-electron chi connectivity index (χ4n) is 4.81. The molecule has 2 heterocycles. The lowest BCUT2D eigenvalue weighted by Gasteiger charge is -2.45. The normalized spacial score (nSPS) is 18.9. The van der Waals surface area contributed by atoms with Gasteiger partial charge in [-0.05, 0) is 50.3 Å². The molecule has 0 bridgehead atoms. The van der Waals surface area contributed by atoms with Crippen LogP contribution in [0, 0.1) is 0 Å². The highest BCUT2D eigenvalue weighted by atomic mass is 35.5. The summed E-state index contributed by atoms with van der Waals surface area (Å²) in [5.74, 6) is -0.617. The Hall–Kier alpha value is -2.65. The van der Waals surface area contributed by atoms with E-state index in [-0.39, 0.29) is 57.1 Å². The Morgan fingerprint density at radius 1 is 1.23 bits per heavy atom. The Morgan fingerprint density at radius 3 is 2.56 bits per heavy atom. The average Bonchev–Trinajstić information content (AvgIpc) is 2.84. The van der Waals surface area contributed by atoms with Gasteiger partial charge in [0.2, 0.25) is 0 Å². The largest absolute Gasteiger partial charge is 0.507 e. The summed E-state index contributed by atoms with van der Waals surface area (Å²) in [4.78, 5) is 28.1. The van der Waals surface area contributed by atoms with Gasteiger partial charge in [-0.15, -0.1) is 0 Å². The molecule has 1 aliphatic heterocycles. The van der Waals surface area contributed by atoms with Crippen LogP contribution in [-0.4, -0.2) is 50.5 Å². The van der Waals surface area contributed by atoms with Gasteiger partial charge in [0, 0.05) is 42.1 Å². The highest BCUT2D eigenvalue weighted by Crippen LogP contribution is 2.46. The number of piperidine rings is 1. The van der Waals surface area contributed by atoms with Crippen LogP contribution in [0.2, 0.25) is 23.2 Å². The molecule has 0 unspecified atom stereocenters. The molecule has 9 heteroatoms. The third-order valence-corrected chi connectivity index (χ3v) is 12.9. The molecule has 1 aliphatic rings. The lowest BCUT2D eigenvalue weighted by Crippen LogP contribution is -2.51. The average molecular weight is 572 g/mol. The van der Waals surface area contributed by atoms with Crippen LogP contribution in [0.5, 0.6) is 11.5 Å². The minimum absolute atomic E-state index is 0.0142. The highest BCUT2D eigenvalue weighted by molar-refractivity contribution is 6.74. The first-order valence-electron chi connectivity index (χ1n) is 13.4. The maximum Gasteiger partial charge on any atom is 0.310 e. The number of rotatable bonds is 6. The second-order valence-electron chi connectivity index (χ2n) is 11.9. The predicted molar refractivity (Wildman–Crippen MR) is 157 cm³/mol. The van der Waals surface area contributed by atoms with Crippen molar-refractivity contribution in [1.82, 2.24) is 4.90 Å². The molecule has 1 saturated heterocycles. The van der Waals surface area contributed by atoms with Crippen molar-refractivity contribution in [2.24, 2.45) is 0 Å². The van der Waals surface area contributed by atoms with Gasteiger partial charge in [-0.3, -0.25) is 9.59 Å². The topological polar surface area (TPSA) is 89.2 Å². The van der Waals surface area contributed by atoms with E-state index in [0.717, 1.165) is 6.54 Å². The Bertz CT molecular complexity index is 1440. The fourth-order valence-corrected chi connectivity index (χ4v) is 6.39. The van der Waals surface area contributed by atoms with Crippen molar-refractivity contribution in [1.29, 1.82) is 0 Å². The fraction of sp³-hybridized carbons (Fsp3) is 0.467. The number of fused-ring (bicyclic) bond motifs is 1.